The minimum atomic E-state index is 0. The lowest BCUT2D eigenvalue weighted by molar-refractivity contribution is 0.00183. The first kappa shape index (κ1) is 19.8. The summed E-state index contributed by atoms with van der Waals surface area (Å²) in [6.07, 6.45) is 1.30. The van der Waals surface area contributed by atoms with Crippen molar-refractivity contribution in [3.8, 4) is 0 Å². The molecule has 4 nitrogen and oxygen atoms in total. The summed E-state index contributed by atoms with van der Waals surface area (Å²) in [5.74, 6) is 0. The zero-order valence-corrected chi connectivity index (χ0v) is 14.3. The molecule has 4 heteroatoms. The Kier molecular flexibility index (Phi) is 7.15. The van der Waals surface area contributed by atoms with Gasteiger partial charge in [0.1, 0.15) is 0 Å². The van der Waals surface area contributed by atoms with Gasteiger partial charge in [-0.25, -0.2) is 0 Å². The van der Waals surface area contributed by atoms with Crippen molar-refractivity contribution in [1.82, 2.24) is 19.6 Å². The quantitative estimate of drug-likeness (QED) is 0.763. The standard InChI is InChI=1S/C8H18N2.C7H16N2.CH4/c1-8(9(2)3)5-6-10(4)7-8;1-7(8(2)3)5-9(4)6-7;/h5-7H2,1-4H3;5-6H2,1-4H3;1H4. The first-order valence-electron chi connectivity index (χ1n) is 7.31. The zero-order valence-electron chi connectivity index (χ0n) is 14.3. The second-order valence-electron chi connectivity index (χ2n) is 7.44. The van der Waals surface area contributed by atoms with Crippen molar-refractivity contribution in [3.05, 3.63) is 0 Å². The molecule has 20 heavy (non-hydrogen) atoms. The Labute approximate surface area is 127 Å². The summed E-state index contributed by atoms with van der Waals surface area (Å²) in [5.41, 5.74) is 0.878. The third kappa shape index (κ3) is 4.69. The number of hydrogen-bond acceptors (Lipinski definition) is 4. The fourth-order valence-corrected chi connectivity index (χ4v) is 2.94. The predicted molar refractivity (Wildman–Crippen MR) is 90.5 cm³/mol. The van der Waals surface area contributed by atoms with Crippen LogP contribution >= 0.6 is 0 Å². The summed E-state index contributed by atoms with van der Waals surface area (Å²) in [4.78, 5) is 9.35. The summed E-state index contributed by atoms with van der Waals surface area (Å²) >= 11 is 0. The highest BCUT2D eigenvalue weighted by Gasteiger charge is 2.37. The molecule has 2 heterocycles. The van der Waals surface area contributed by atoms with Gasteiger partial charge in [-0.3, -0.25) is 0 Å². The molecule has 0 bridgehead atoms. The summed E-state index contributed by atoms with van der Waals surface area (Å²) < 4.78 is 0. The van der Waals surface area contributed by atoms with E-state index in [4.69, 9.17) is 0 Å². The molecule has 1 unspecified atom stereocenters. The molecular weight excluding hydrogens is 248 g/mol. The van der Waals surface area contributed by atoms with E-state index in [1.165, 1.54) is 32.6 Å². The molecule has 0 aromatic rings. The van der Waals surface area contributed by atoms with Crippen LogP contribution in [0.4, 0.5) is 0 Å². The van der Waals surface area contributed by atoms with Crippen LogP contribution in [0.25, 0.3) is 0 Å². The van der Waals surface area contributed by atoms with Crippen LogP contribution in [0.5, 0.6) is 0 Å². The monoisotopic (exact) mass is 286 g/mol. The molecule has 1 atom stereocenters. The molecule has 2 aliphatic rings. The Balaban J connectivity index is 0.000000345. The number of nitrogens with zero attached hydrogens (tertiary/aromatic N) is 4. The Morgan fingerprint density at radius 3 is 1.30 bits per heavy atom. The minimum Gasteiger partial charge on any atom is -0.304 e. The molecule has 0 saturated carbocycles. The Hall–Kier alpha value is -0.160. The maximum atomic E-state index is 2.39. The molecule has 0 radical (unpaired) electrons. The smallest absolute Gasteiger partial charge is 0.0428 e. The molecular formula is C16H38N4. The van der Waals surface area contributed by atoms with Gasteiger partial charge in [0.05, 0.1) is 0 Å². The summed E-state index contributed by atoms with van der Waals surface area (Å²) in [7, 11) is 13.0. The molecule has 2 saturated heterocycles. The molecule has 122 valence electrons. The van der Waals surface area contributed by atoms with E-state index in [2.05, 4.69) is 75.7 Å². The SMILES string of the molecule is C.CN1CC(C)(N(C)C)C1.CN1CCC(C)(N(C)C)C1. The average Bonchev–Trinajstić information content (AvgIpc) is 2.59. The van der Waals surface area contributed by atoms with E-state index < -0.39 is 0 Å². The van der Waals surface area contributed by atoms with Crippen LogP contribution in [-0.4, -0.2) is 99.1 Å². The number of likely N-dealkylation sites (N-methyl/N-ethyl adjacent to an activating group) is 4. The van der Waals surface area contributed by atoms with Gasteiger partial charge >= 0.3 is 0 Å². The lowest BCUT2D eigenvalue weighted by atomic mass is 9.92. The number of likely N-dealkylation sites (tertiary alicyclic amines) is 2. The average molecular weight is 287 g/mol. The number of hydrogen-bond donors (Lipinski definition) is 0. The van der Waals surface area contributed by atoms with E-state index in [9.17, 15) is 0 Å². The Morgan fingerprint density at radius 1 is 0.750 bits per heavy atom. The maximum Gasteiger partial charge on any atom is 0.0428 e. The van der Waals surface area contributed by atoms with Crippen molar-refractivity contribution in [2.75, 3.05) is 68.5 Å². The van der Waals surface area contributed by atoms with E-state index in [-0.39, 0.29) is 7.43 Å². The van der Waals surface area contributed by atoms with Crippen LogP contribution in [-0.2, 0) is 0 Å². The molecule has 2 rings (SSSR count). The van der Waals surface area contributed by atoms with Gasteiger partial charge in [-0.05, 0) is 69.1 Å². The Bertz CT molecular complexity index is 284. The van der Waals surface area contributed by atoms with Crippen LogP contribution in [0, 0.1) is 0 Å². The third-order valence-corrected chi connectivity index (χ3v) is 5.02. The highest BCUT2D eigenvalue weighted by molar-refractivity contribution is 4.97. The second-order valence-corrected chi connectivity index (χ2v) is 7.44. The highest BCUT2D eigenvalue weighted by atomic mass is 15.3. The highest BCUT2D eigenvalue weighted by Crippen LogP contribution is 2.23. The van der Waals surface area contributed by atoms with Gasteiger partial charge in [0.15, 0.2) is 0 Å². The molecule has 2 fully saturated rings. The summed E-state index contributed by atoms with van der Waals surface area (Å²) in [6, 6.07) is 0. The van der Waals surface area contributed by atoms with Crippen LogP contribution in [0.3, 0.4) is 0 Å². The molecule has 0 N–H and O–H groups in total. The van der Waals surface area contributed by atoms with Gasteiger partial charge < -0.3 is 19.6 Å². The fourth-order valence-electron chi connectivity index (χ4n) is 2.94. The van der Waals surface area contributed by atoms with Crippen molar-refractivity contribution >= 4 is 0 Å². The van der Waals surface area contributed by atoms with Gasteiger partial charge in [-0.1, -0.05) is 7.43 Å². The van der Waals surface area contributed by atoms with E-state index in [0.29, 0.717) is 11.1 Å². The van der Waals surface area contributed by atoms with Crippen molar-refractivity contribution in [1.29, 1.82) is 0 Å². The van der Waals surface area contributed by atoms with Crippen molar-refractivity contribution in [2.24, 2.45) is 0 Å². The topological polar surface area (TPSA) is 13.0 Å². The van der Waals surface area contributed by atoms with Gasteiger partial charge in [0.2, 0.25) is 0 Å². The zero-order chi connectivity index (χ0) is 14.8. The normalized spacial score (nSPS) is 29.7. The first-order valence-corrected chi connectivity index (χ1v) is 7.31. The van der Waals surface area contributed by atoms with Crippen molar-refractivity contribution in [2.45, 2.75) is 38.8 Å². The largest absolute Gasteiger partial charge is 0.304 e. The lowest BCUT2D eigenvalue weighted by Gasteiger charge is -2.50. The van der Waals surface area contributed by atoms with Gasteiger partial charge in [-0.2, -0.15) is 0 Å². The molecule has 0 aromatic heterocycles. The first-order chi connectivity index (χ1) is 8.59. The lowest BCUT2D eigenvalue weighted by Crippen LogP contribution is -2.65. The van der Waals surface area contributed by atoms with Crippen LogP contribution in [0.2, 0.25) is 0 Å². The minimum absolute atomic E-state index is 0. The van der Waals surface area contributed by atoms with Gasteiger partial charge in [-0.15, -0.1) is 0 Å². The Morgan fingerprint density at radius 2 is 1.15 bits per heavy atom. The van der Waals surface area contributed by atoms with E-state index in [1.807, 2.05) is 0 Å². The van der Waals surface area contributed by atoms with Gasteiger partial charge in [0.25, 0.3) is 0 Å². The van der Waals surface area contributed by atoms with Crippen LogP contribution in [0.1, 0.15) is 27.7 Å². The van der Waals surface area contributed by atoms with Crippen LogP contribution < -0.4 is 0 Å². The second kappa shape index (κ2) is 7.21. The van der Waals surface area contributed by atoms with E-state index in [1.54, 1.807) is 0 Å². The summed E-state index contributed by atoms with van der Waals surface area (Å²) in [5, 5.41) is 0. The summed E-state index contributed by atoms with van der Waals surface area (Å²) in [6.45, 7) is 9.50. The van der Waals surface area contributed by atoms with Crippen molar-refractivity contribution < 1.29 is 0 Å². The molecule has 0 spiro atoms. The van der Waals surface area contributed by atoms with Gasteiger partial charge in [0, 0.05) is 30.7 Å². The number of rotatable bonds is 2. The van der Waals surface area contributed by atoms with Crippen LogP contribution in [0.15, 0.2) is 0 Å². The third-order valence-electron chi connectivity index (χ3n) is 5.02. The predicted octanol–water partition coefficient (Wildman–Crippen LogP) is 1.53. The maximum absolute atomic E-state index is 2.39. The molecule has 0 aliphatic carbocycles. The molecule has 2 aliphatic heterocycles. The fraction of sp³-hybridized carbons (Fsp3) is 1.00. The van der Waals surface area contributed by atoms with E-state index in [0.717, 1.165) is 0 Å². The molecule has 0 amide bonds. The van der Waals surface area contributed by atoms with E-state index >= 15 is 0 Å². The van der Waals surface area contributed by atoms with Crippen molar-refractivity contribution in [3.63, 3.8) is 0 Å². The molecule has 0 aromatic carbocycles.